The minimum absolute atomic E-state index is 0. The summed E-state index contributed by atoms with van der Waals surface area (Å²) in [5.41, 5.74) is 1.68. The third-order valence-electron chi connectivity index (χ3n) is 2.20. The van der Waals surface area contributed by atoms with Gasteiger partial charge in [-0.1, -0.05) is 53.8 Å². The molecule has 13 heavy (non-hydrogen) atoms. The van der Waals surface area contributed by atoms with Gasteiger partial charge in [0.05, 0.1) is 0 Å². The molecule has 0 atom stereocenters. The molecule has 0 fully saturated rings. The zero-order valence-electron chi connectivity index (χ0n) is 8.54. The van der Waals surface area contributed by atoms with Crippen LogP contribution in [0.25, 0.3) is 0 Å². The molecular weight excluding hydrogens is 170 g/mol. The molecule has 0 N–H and O–H groups in total. The Morgan fingerprint density at radius 1 is 1.15 bits per heavy atom. The standard InChI is InChI=1S/C11H19P.Li.H/c1-9(2)12(10(3)4)11-7-5-6-8-11;;/h5-7,9-10H,8H2,1-4H3;;. The number of hydrogen-bond donors (Lipinski definition) is 0. The molecule has 0 heterocycles. The molecule has 0 unspecified atom stereocenters. The summed E-state index contributed by atoms with van der Waals surface area (Å²) in [6.07, 6.45) is 8.01. The monoisotopic (exact) mass is 190 g/mol. The van der Waals surface area contributed by atoms with Gasteiger partial charge in [0.2, 0.25) is 0 Å². The molecule has 0 saturated heterocycles. The Morgan fingerprint density at radius 3 is 2.00 bits per heavy atom. The molecule has 0 nitrogen and oxygen atoms in total. The summed E-state index contributed by atoms with van der Waals surface area (Å²) in [6.45, 7) is 9.41. The second kappa shape index (κ2) is 6.08. The molecule has 0 radical (unpaired) electrons. The van der Waals surface area contributed by atoms with Crippen molar-refractivity contribution in [2.45, 2.75) is 45.4 Å². The molecule has 1 rings (SSSR count). The van der Waals surface area contributed by atoms with Gasteiger partial charge in [0, 0.05) is 0 Å². The molecule has 0 amide bonds. The van der Waals surface area contributed by atoms with Crippen molar-refractivity contribution in [1.82, 2.24) is 0 Å². The van der Waals surface area contributed by atoms with Crippen LogP contribution in [-0.2, 0) is 0 Å². The number of hydrogen-bond acceptors (Lipinski definition) is 0. The van der Waals surface area contributed by atoms with Crippen LogP contribution in [0.5, 0.6) is 0 Å². The molecule has 0 aliphatic heterocycles. The molecule has 0 aromatic carbocycles. The van der Waals surface area contributed by atoms with Crippen LogP contribution in [0.15, 0.2) is 23.5 Å². The van der Waals surface area contributed by atoms with Gasteiger partial charge in [-0.05, 0) is 23.1 Å². The molecule has 0 spiro atoms. The van der Waals surface area contributed by atoms with Crippen molar-refractivity contribution in [3.05, 3.63) is 23.5 Å². The molecule has 1 aliphatic carbocycles. The van der Waals surface area contributed by atoms with Gasteiger partial charge in [0.15, 0.2) is 0 Å². The van der Waals surface area contributed by atoms with Crippen molar-refractivity contribution in [3.63, 3.8) is 0 Å². The van der Waals surface area contributed by atoms with Gasteiger partial charge in [0.25, 0.3) is 0 Å². The maximum absolute atomic E-state index is 2.35. The topological polar surface area (TPSA) is 0 Å². The molecule has 0 bridgehead atoms. The fourth-order valence-electron chi connectivity index (χ4n) is 1.89. The van der Waals surface area contributed by atoms with Crippen molar-refractivity contribution in [2.75, 3.05) is 0 Å². The minimum atomic E-state index is 0. The second-order valence-electron chi connectivity index (χ2n) is 3.89. The second-order valence-corrected chi connectivity index (χ2v) is 7.34. The first-order valence-electron chi connectivity index (χ1n) is 4.77. The van der Waals surface area contributed by atoms with Crippen molar-refractivity contribution in [2.24, 2.45) is 0 Å². The van der Waals surface area contributed by atoms with Gasteiger partial charge in [-0.25, -0.2) is 0 Å². The molecule has 1 aliphatic rings. The Balaban J connectivity index is 0.00000144. The van der Waals surface area contributed by atoms with Gasteiger partial charge in [-0.3, -0.25) is 0 Å². The summed E-state index contributed by atoms with van der Waals surface area (Å²) < 4.78 is 0. The Labute approximate surface area is 95.8 Å². The first kappa shape index (κ1) is 13.5. The summed E-state index contributed by atoms with van der Waals surface area (Å²) in [5, 5.41) is 1.69. The van der Waals surface area contributed by atoms with Gasteiger partial charge in [-0.15, -0.1) is 0 Å². The molecular formula is C11H20LiP. The summed E-state index contributed by atoms with van der Waals surface area (Å²) >= 11 is 0. The van der Waals surface area contributed by atoms with Crippen molar-refractivity contribution < 1.29 is 0 Å². The molecule has 0 saturated carbocycles. The van der Waals surface area contributed by atoms with E-state index in [0.29, 0.717) is 0 Å². The molecule has 2 heteroatoms. The Kier molecular flexibility index (Phi) is 6.32. The van der Waals surface area contributed by atoms with E-state index >= 15 is 0 Å². The van der Waals surface area contributed by atoms with E-state index in [4.69, 9.17) is 0 Å². The van der Waals surface area contributed by atoms with Crippen molar-refractivity contribution in [1.29, 1.82) is 0 Å². The Bertz CT molecular complexity index is 196. The van der Waals surface area contributed by atoms with E-state index in [9.17, 15) is 0 Å². The predicted octanol–water partition coefficient (Wildman–Crippen LogP) is 3.48. The zero-order chi connectivity index (χ0) is 9.14. The van der Waals surface area contributed by atoms with Crippen molar-refractivity contribution >= 4 is 26.8 Å². The molecule has 70 valence electrons. The summed E-state index contributed by atoms with van der Waals surface area (Å²) in [6, 6.07) is 0. The van der Waals surface area contributed by atoms with E-state index in [1.807, 2.05) is 0 Å². The zero-order valence-corrected chi connectivity index (χ0v) is 9.44. The number of allylic oxidation sites excluding steroid dienone is 4. The van der Waals surface area contributed by atoms with Gasteiger partial charge in [0.1, 0.15) is 0 Å². The van der Waals surface area contributed by atoms with Crippen LogP contribution >= 0.6 is 7.92 Å². The molecule has 0 aromatic heterocycles. The average Bonchev–Trinajstić information content (AvgIpc) is 2.37. The van der Waals surface area contributed by atoms with Gasteiger partial charge in [-0.2, -0.15) is 0 Å². The number of rotatable bonds is 3. The van der Waals surface area contributed by atoms with Crippen LogP contribution in [0.2, 0.25) is 0 Å². The van der Waals surface area contributed by atoms with Crippen LogP contribution in [0, 0.1) is 0 Å². The van der Waals surface area contributed by atoms with Crippen LogP contribution in [0.3, 0.4) is 0 Å². The van der Waals surface area contributed by atoms with E-state index in [0.717, 1.165) is 11.3 Å². The Hall–Kier alpha value is 0.507. The van der Waals surface area contributed by atoms with Crippen LogP contribution in [0.1, 0.15) is 34.1 Å². The van der Waals surface area contributed by atoms with E-state index in [1.165, 1.54) is 6.42 Å². The summed E-state index contributed by atoms with van der Waals surface area (Å²) in [5.74, 6) is 0. The van der Waals surface area contributed by atoms with E-state index in [1.54, 1.807) is 5.31 Å². The van der Waals surface area contributed by atoms with Crippen LogP contribution in [-0.4, -0.2) is 30.2 Å². The third-order valence-corrected chi connectivity index (χ3v) is 5.42. The van der Waals surface area contributed by atoms with Crippen LogP contribution in [0.4, 0.5) is 0 Å². The van der Waals surface area contributed by atoms with E-state index in [-0.39, 0.29) is 26.8 Å². The van der Waals surface area contributed by atoms with Gasteiger partial charge >= 0.3 is 18.9 Å². The first-order chi connectivity index (χ1) is 5.63. The van der Waals surface area contributed by atoms with Gasteiger partial charge < -0.3 is 0 Å². The maximum atomic E-state index is 2.35. The van der Waals surface area contributed by atoms with E-state index in [2.05, 4.69) is 45.9 Å². The summed E-state index contributed by atoms with van der Waals surface area (Å²) in [7, 11) is 0.119. The SMILES string of the molecule is CC(C)P(C1=CC=CC1)C(C)C.[LiH]. The predicted molar refractivity (Wildman–Crippen MR) is 66.2 cm³/mol. The normalized spacial score (nSPS) is 15.5. The first-order valence-corrected chi connectivity index (χ1v) is 6.25. The van der Waals surface area contributed by atoms with Crippen molar-refractivity contribution in [3.8, 4) is 0 Å². The summed E-state index contributed by atoms with van der Waals surface area (Å²) in [4.78, 5) is 0. The molecule has 0 aromatic rings. The Morgan fingerprint density at radius 2 is 1.69 bits per heavy atom. The third kappa shape index (κ3) is 3.63. The fraction of sp³-hybridized carbons (Fsp3) is 0.636. The van der Waals surface area contributed by atoms with E-state index < -0.39 is 0 Å². The van der Waals surface area contributed by atoms with Crippen LogP contribution < -0.4 is 0 Å². The fourth-order valence-corrected chi connectivity index (χ4v) is 4.98. The average molecular weight is 190 g/mol. The quantitative estimate of drug-likeness (QED) is 0.472.